The molecule has 0 bridgehead atoms. The number of anilines is 1. The van der Waals surface area contributed by atoms with Gasteiger partial charge in [0.1, 0.15) is 5.75 Å². The summed E-state index contributed by atoms with van der Waals surface area (Å²) in [7, 11) is 1.55. The van der Waals surface area contributed by atoms with E-state index in [1.54, 1.807) is 25.3 Å². The van der Waals surface area contributed by atoms with E-state index in [0.29, 0.717) is 17.0 Å². The molecule has 0 aromatic heterocycles. The Kier molecular flexibility index (Phi) is 4.35. The van der Waals surface area contributed by atoms with Crippen LogP contribution in [0, 0.1) is 0 Å². The highest BCUT2D eigenvalue weighted by atomic mass is 16.5. The Bertz CT molecular complexity index is 436. The molecule has 0 fully saturated rings. The smallest absolute Gasteiger partial charge is 0.179 e. The summed E-state index contributed by atoms with van der Waals surface area (Å²) in [5.74, 6) is 0.613. The van der Waals surface area contributed by atoms with E-state index in [1.807, 2.05) is 27.7 Å². The molecule has 0 saturated heterocycles. The van der Waals surface area contributed by atoms with Crippen molar-refractivity contribution < 1.29 is 9.53 Å². The van der Waals surface area contributed by atoms with Gasteiger partial charge in [-0.2, -0.15) is 0 Å². The highest BCUT2D eigenvalue weighted by Gasteiger charge is 2.21. The summed E-state index contributed by atoms with van der Waals surface area (Å²) in [6.45, 7) is 7.94. The number of nitrogen functional groups attached to an aromatic ring is 1. The molecule has 0 radical (unpaired) electrons. The topological polar surface area (TPSA) is 64.3 Å². The Morgan fingerprint density at radius 1 is 1.39 bits per heavy atom. The normalized spacial score (nSPS) is 13.2. The van der Waals surface area contributed by atoms with Gasteiger partial charge in [-0.15, -0.1) is 0 Å². The van der Waals surface area contributed by atoms with Crippen molar-refractivity contribution >= 4 is 11.5 Å². The number of carbonyl (C=O) groups excluding carboxylic acids is 1. The van der Waals surface area contributed by atoms with Crippen molar-refractivity contribution in [3.8, 4) is 5.75 Å². The molecule has 1 unspecified atom stereocenters. The molecule has 1 rings (SSSR count). The first-order chi connectivity index (χ1) is 8.24. The average Bonchev–Trinajstić information content (AvgIpc) is 2.25. The lowest BCUT2D eigenvalue weighted by Gasteiger charge is -2.25. The average molecular weight is 250 g/mol. The maximum Gasteiger partial charge on any atom is 0.179 e. The molecule has 0 heterocycles. The van der Waals surface area contributed by atoms with Crippen molar-refractivity contribution in [3.63, 3.8) is 0 Å². The molecule has 0 aliphatic carbocycles. The van der Waals surface area contributed by atoms with Gasteiger partial charge in [-0.25, -0.2) is 0 Å². The zero-order chi connectivity index (χ0) is 13.9. The molecule has 0 amide bonds. The van der Waals surface area contributed by atoms with E-state index in [2.05, 4.69) is 5.32 Å². The van der Waals surface area contributed by atoms with Crippen molar-refractivity contribution in [3.05, 3.63) is 23.8 Å². The first kappa shape index (κ1) is 14.5. The number of rotatable bonds is 4. The van der Waals surface area contributed by atoms with Crippen LogP contribution in [0.25, 0.3) is 0 Å². The molecule has 1 aromatic carbocycles. The van der Waals surface area contributed by atoms with E-state index in [1.165, 1.54) is 0 Å². The quantitative estimate of drug-likeness (QED) is 0.635. The largest absolute Gasteiger partial charge is 0.495 e. The Labute approximate surface area is 109 Å². The molecule has 100 valence electrons. The first-order valence-corrected chi connectivity index (χ1v) is 6.00. The van der Waals surface area contributed by atoms with Gasteiger partial charge in [0.05, 0.1) is 18.8 Å². The summed E-state index contributed by atoms with van der Waals surface area (Å²) >= 11 is 0. The lowest BCUT2D eigenvalue weighted by molar-refractivity contribution is 0.0936. The number of Topliss-reactive ketones (excluding diaryl/α,β-unsaturated/α-hetero) is 1. The van der Waals surface area contributed by atoms with E-state index in [-0.39, 0.29) is 17.4 Å². The van der Waals surface area contributed by atoms with Crippen molar-refractivity contribution in [2.24, 2.45) is 0 Å². The lowest BCUT2D eigenvalue weighted by atomic mass is 10.0. The summed E-state index contributed by atoms with van der Waals surface area (Å²) in [5, 5.41) is 3.24. The highest BCUT2D eigenvalue weighted by Crippen LogP contribution is 2.22. The number of hydrogen-bond acceptors (Lipinski definition) is 4. The zero-order valence-corrected chi connectivity index (χ0v) is 11.7. The van der Waals surface area contributed by atoms with Gasteiger partial charge >= 0.3 is 0 Å². The van der Waals surface area contributed by atoms with E-state index >= 15 is 0 Å². The third-order valence-electron chi connectivity index (χ3n) is 2.56. The van der Waals surface area contributed by atoms with Crippen molar-refractivity contribution in [1.82, 2.24) is 5.32 Å². The van der Waals surface area contributed by atoms with E-state index in [9.17, 15) is 4.79 Å². The minimum absolute atomic E-state index is 0.0271. The second-order valence-electron chi connectivity index (χ2n) is 5.44. The molecule has 4 heteroatoms. The number of nitrogens with two attached hydrogens (primary N) is 1. The van der Waals surface area contributed by atoms with Crippen LogP contribution in [0.5, 0.6) is 5.75 Å². The fraction of sp³-hybridized carbons (Fsp3) is 0.500. The van der Waals surface area contributed by atoms with Gasteiger partial charge in [-0.3, -0.25) is 4.79 Å². The Morgan fingerprint density at radius 2 is 2.00 bits per heavy atom. The van der Waals surface area contributed by atoms with Crippen molar-refractivity contribution in [2.45, 2.75) is 39.3 Å². The van der Waals surface area contributed by atoms with Gasteiger partial charge < -0.3 is 15.8 Å². The molecule has 0 aliphatic heterocycles. The number of methoxy groups -OCH3 is 1. The predicted molar refractivity (Wildman–Crippen MR) is 74.1 cm³/mol. The van der Waals surface area contributed by atoms with Crippen LogP contribution in [-0.2, 0) is 0 Å². The van der Waals surface area contributed by atoms with Crippen LogP contribution in [0.2, 0.25) is 0 Å². The van der Waals surface area contributed by atoms with E-state index in [4.69, 9.17) is 10.5 Å². The van der Waals surface area contributed by atoms with Gasteiger partial charge in [-0.1, -0.05) is 0 Å². The standard InChI is InChI=1S/C14H22N2O2/c1-9(16-14(2,3)4)13(17)10-6-7-12(18-5)11(15)8-10/h6-9,16H,15H2,1-5H3. The molecule has 4 nitrogen and oxygen atoms in total. The van der Waals surface area contributed by atoms with Crippen molar-refractivity contribution in [2.75, 3.05) is 12.8 Å². The summed E-state index contributed by atoms with van der Waals surface area (Å²) in [5.41, 5.74) is 6.77. The Hall–Kier alpha value is -1.55. The van der Waals surface area contributed by atoms with E-state index in [0.717, 1.165) is 0 Å². The third-order valence-corrected chi connectivity index (χ3v) is 2.56. The fourth-order valence-corrected chi connectivity index (χ4v) is 1.85. The van der Waals surface area contributed by atoms with E-state index < -0.39 is 0 Å². The van der Waals surface area contributed by atoms with Gasteiger partial charge in [0.25, 0.3) is 0 Å². The van der Waals surface area contributed by atoms with Crippen LogP contribution in [0.15, 0.2) is 18.2 Å². The minimum atomic E-state index is -0.252. The number of hydrogen-bond donors (Lipinski definition) is 2. The van der Waals surface area contributed by atoms with Gasteiger partial charge in [0, 0.05) is 11.1 Å². The van der Waals surface area contributed by atoms with Crippen LogP contribution in [0.3, 0.4) is 0 Å². The maximum atomic E-state index is 12.2. The van der Waals surface area contributed by atoms with Crippen LogP contribution in [0.4, 0.5) is 5.69 Å². The summed E-state index contributed by atoms with van der Waals surface area (Å²) in [4.78, 5) is 12.2. The minimum Gasteiger partial charge on any atom is -0.495 e. The second-order valence-corrected chi connectivity index (χ2v) is 5.44. The molecular formula is C14H22N2O2. The molecule has 18 heavy (non-hydrogen) atoms. The zero-order valence-electron chi connectivity index (χ0n) is 11.7. The van der Waals surface area contributed by atoms with Gasteiger partial charge in [0.15, 0.2) is 5.78 Å². The number of nitrogens with one attached hydrogen (secondary N) is 1. The van der Waals surface area contributed by atoms with Crippen molar-refractivity contribution in [1.29, 1.82) is 0 Å². The second kappa shape index (κ2) is 5.40. The summed E-state index contributed by atoms with van der Waals surface area (Å²) in [6.07, 6.45) is 0. The molecule has 1 atom stereocenters. The molecule has 1 aromatic rings. The molecule has 0 aliphatic rings. The van der Waals surface area contributed by atoms with Crippen LogP contribution < -0.4 is 15.8 Å². The van der Waals surface area contributed by atoms with Gasteiger partial charge in [0.2, 0.25) is 0 Å². The summed E-state index contributed by atoms with van der Waals surface area (Å²) in [6, 6.07) is 4.85. The van der Waals surface area contributed by atoms with Crippen LogP contribution in [0.1, 0.15) is 38.1 Å². The maximum absolute atomic E-state index is 12.2. The first-order valence-electron chi connectivity index (χ1n) is 6.00. The summed E-state index contributed by atoms with van der Waals surface area (Å²) < 4.78 is 5.07. The SMILES string of the molecule is COc1ccc(C(=O)C(C)NC(C)(C)C)cc1N. The molecule has 3 N–H and O–H groups in total. The number of carbonyl (C=O) groups is 1. The number of benzene rings is 1. The fourth-order valence-electron chi connectivity index (χ4n) is 1.85. The predicted octanol–water partition coefficient (Wildman–Crippen LogP) is 2.24. The lowest BCUT2D eigenvalue weighted by Crippen LogP contribution is -2.46. The Morgan fingerprint density at radius 3 is 2.44 bits per heavy atom. The van der Waals surface area contributed by atoms with Crippen LogP contribution >= 0.6 is 0 Å². The number of ether oxygens (including phenoxy) is 1. The van der Waals surface area contributed by atoms with Gasteiger partial charge in [-0.05, 0) is 45.9 Å². The monoisotopic (exact) mass is 250 g/mol. The molecular weight excluding hydrogens is 228 g/mol. The Balaban J connectivity index is 2.87. The highest BCUT2D eigenvalue weighted by molar-refractivity contribution is 6.00. The third kappa shape index (κ3) is 3.74. The molecule has 0 spiro atoms. The molecule has 0 saturated carbocycles. The van der Waals surface area contributed by atoms with Crippen LogP contribution in [-0.4, -0.2) is 24.5 Å². The number of ketones is 1.